The lowest BCUT2D eigenvalue weighted by Gasteiger charge is -2.24. The van der Waals surface area contributed by atoms with Crippen molar-refractivity contribution in [1.29, 1.82) is 0 Å². The van der Waals surface area contributed by atoms with E-state index in [0.717, 1.165) is 39.8 Å². The quantitative estimate of drug-likeness (QED) is 0.168. The molecule has 5 N–H and O–H groups in total. The number of H-pyrrole nitrogens is 1. The van der Waals surface area contributed by atoms with Gasteiger partial charge in [-0.05, 0) is 66.6 Å². The van der Waals surface area contributed by atoms with Crippen molar-refractivity contribution in [3.05, 3.63) is 95.7 Å². The molecule has 2 atom stereocenters. The molecule has 4 rings (SSSR count). The van der Waals surface area contributed by atoms with Crippen LogP contribution in [-0.2, 0) is 28.9 Å². The number of hydrogen-bond acceptors (Lipinski definition) is 6. The third kappa shape index (κ3) is 7.71. The topological polar surface area (TPSA) is 127 Å². The van der Waals surface area contributed by atoms with Gasteiger partial charge in [0.2, 0.25) is 5.91 Å². The summed E-state index contributed by atoms with van der Waals surface area (Å²) in [5.41, 5.74) is 10.4. The van der Waals surface area contributed by atoms with Gasteiger partial charge in [-0.2, -0.15) is 0 Å². The fourth-order valence-corrected chi connectivity index (χ4v) is 4.79. The average molecular weight is 544 g/mol. The molecule has 1 amide bonds. The Balaban J connectivity index is 1.43. The summed E-state index contributed by atoms with van der Waals surface area (Å²) in [7, 11) is 1.60. The number of hydrogen-bond donors (Lipinski definition) is 4. The summed E-state index contributed by atoms with van der Waals surface area (Å²) in [5.74, 6) is 0.159. The predicted molar refractivity (Wildman–Crippen MR) is 155 cm³/mol. The third-order valence-electron chi connectivity index (χ3n) is 7.03. The predicted octanol–water partition coefficient (Wildman–Crippen LogP) is 3.94. The van der Waals surface area contributed by atoms with Crippen molar-refractivity contribution < 1.29 is 24.2 Å². The van der Waals surface area contributed by atoms with Gasteiger partial charge in [0.15, 0.2) is 5.78 Å². The summed E-state index contributed by atoms with van der Waals surface area (Å²) in [6.45, 7) is -0.0321. The summed E-state index contributed by atoms with van der Waals surface area (Å²) >= 11 is 0. The Hall–Kier alpha value is -4.14. The largest absolute Gasteiger partial charge is 0.496 e. The summed E-state index contributed by atoms with van der Waals surface area (Å²) in [6.07, 6.45) is 3.50. The Kier molecular flexibility index (Phi) is 10.3. The molecule has 0 aliphatic heterocycles. The number of methoxy groups -OCH3 is 1. The van der Waals surface area contributed by atoms with Gasteiger partial charge in [0.1, 0.15) is 18.1 Å². The van der Waals surface area contributed by atoms with Crippen LogP contribution in [0.1, 0.15) is 29.5 Å². The van der Waals surface area contributed by atoms with Gasteiger partial charge in [-0.25, -0.2) is 0 Å². The molecule has 8 heteroatoms. The number of aliphatic hydroxyl groups excluding tert-OH is 1. The van der Waals surface area contributed by atoms with E-state index in [2.05, 4.69) is 10.3 Å². The van der Waals surface area contributed by atoms with E-state index in [4.69, 9.17) is 20.3 Å². The lowest BCUT2D eigenvalue weighted by Crippen LogP contribution is -2.51. The molecule has 2 unspecified atom stereocenters. The highest BCUT2D eigenvalue weighted by atomic mass is 16.5. The number of carbonyl (C=O) groups is 2. The molecule has 0 radical (unpaired) electrons. The van der Waals surface area contributed by atoms with E-state index in [0.29, 0.717) is 25.0 Å². The number of fused-ring (bicyclic) bond motifs is 1. The van der Waals surface area contributed by atoms with Crippen LogP contribution in [0.25, 0.3) is 10.9 Å². The number of aryl methyl sites for hydroxylation is 2. The molecule has 0 aliphatic carbocycles. The first-order chi connectivity index (χ1) is 19.5. The molecule has 8 nitrogen and oxygen atoms in total. The van der Waals surface area contributed by atoms with Gasteiger partial charge in [0.05, 0.1) is 19.2 Å². The number of benzene rings is 3. The average Bonchev–Trinajstić information content (AvgIpc) is 3.39. The van der Waals surface area contributed by atoms with E-state index in [-0.39, 0.29) is 31.3 Å². The number of rotatable bonds is 15. The Bertz CT molecular complexity index is 1400. The number of ether oxygens (including phenoxy) is 2. The number of aromatic amines is 1. The fraction of sp³-hybridized carbons (Fsp3) is 0.312. The van der Waals surface area contributed by atoms with Crippen LogP contribution in [-0.4, -0.2) is 48.3 Å². The second kappa shape index (κ2) is 14.3. The monoisotopic (exact) mass is 543 g/mol. The minimum Gasteiger partial charge on any atom is -0.496 e. The van der Waals surface area contributed by atoms with Gasteiger partial charge < -0.3 is 30.6 Å². The van der Waals surface area contributed by atoms with Crippen molar-refractivity contribution >= 4 is 22.6 Å². The van der Waals surface area contributed by atoms with E-state index >= 15 is 0 Å². The van der Waals surface area contributed by atoms with Crippen molar-refractivity contribution in [2.45, 2.75) is 38.3 Å². The first-order valence-electron chi connectivity index (χ1n) is 13.6. The minimum atomic E-state index is -0.893. The highest BCUT2D eigenvalue weighted by Gasteiger charge is 2.28. The number of para-hydroxylation sites is 2. The molecular formula is C32H37N3O5. The van der Waals surface area contributed by atoms with Crippen LogP contribution in [0.4, 0.5) is 0 Å². The molecule has 0 aliphatic rings. The SMILES string of the molecule is COc1ccccc1CCC(=O)NC(N)C(Cc1c[nH]c2ccccc12)C(=O)COc1ccc(CCCO)cc1. The van der Waals surface area contributed by atoms with Crippen LogP contribution in [0, 0.1) is 5.92 Å². The first-order valence-corrected chi connectivity index (χ1v) is 13.6. The highest BCUT2D eigenvalue weighted by molar-refractivity contribution is 5.87. The molecule has 0 fully saturated rings. The summed E-state index contributed by atoms with van der Waals surface area (Å²) in [6, 6.07) is 22.9. The van der Waals surface area contributed by atoms with Gasteiger partial charge in [-0.1, -0.05) is 48.5 Å². The molecule has 3 aromatic carbocycles. The molecule has 210 valence electrons. The lowest BCUT2D eigenvalue weighted by molar-refractivity contribution is -0.127. The number of ketones is 1. The van der Waals surface area contributed by atoms with Crippen molar-refractivity contribution in [1.82, 2.24) is 10.3 Å². The Morgan fingerprint density at radius 2 is 1.73 bits per heavy atom. The van der Waals surface area contributed by atoms with Crippen LogP contribution < -0.4 is 20.5 Å². The van der Waals surface area contributed by atoms with Crippen LogP contribution >= 0.6 is 0 Å². The van der Waals surface area contributed by atoms with Crippen LogP contribution in [0.3, 0.4) is 0 Å². The molecule has 0 bridgehead atoms. The van der Waals surface area contributed by atoms with E-state index in [1.807, 2.05) is 79.0 Å². The molecule has 0 saturated heterocycles. The Morgan fingerprint density at radius 1 is 0.975 bits per heavy atom. The second-order valence-electron chi connectivity index (χ2n) is 9.80. The van der Waals surface area contributed by atoms with Gasteiger partial charge in [-0.15, -0.1) is 0 Å². The van der Waals surface area contributed by atoms with Gasteiger partial charge in [-0.3, -0.25) is 9.59 Å². The van der Waals surface area contributed by atoms with E-state index < -0.39 is 12.1 Å². The fourth-order valence-electron chi connectivity index (χ4n) is 4.79. The van der Waals surface area contributed by atoms with Gasteiger partial charge in [0.25, 0.3) is 0 Å². The number of carbonyl (C=O) groups excluding carboxylic acids is 2. The molecule has 40 heavy (non-hydrogen) atoms. The molecule has 1 heterocycles. The number of aliphatic hydroxyl groups is 1. The lowest BCUT2D eigenvalue weighted by atomic mass is 9.92. The van der Waals surface area contributed by atoms with Crippen LogP contribution in [0.2, 0.25) is 0 Å². The number of nitrogens with two attached hydrogens (primary N) is 1. The zero-order chi connectivity index (χ0) is 28.3. The number of nitrogens with one attached hydrogen (secondary N) is 2. The summed E-state index contributed by atoms with van der Waals surface area (Å²) < 4.78 is 11.2. The van der Waals surface area contributed by atoms with Crippen molar-refractivity contribution in [2.24, 2.45) is 11.7 Å². The number of amides is 1. The highest BCUT2D eigenvalue weighted by Crippen LogP contribution is 2.23. The maximum atomic E-state index is 13.5. The van der Waals surface area contributed by atoms with Crippen LogP contribution in [0.5, 0.6) is 11.5 Å². The van der Waals surface area contributed by atoms with Crippen LogP contribution in [0.15, 0.2) is 79.0 Å². The molecule has 1 aromatic heterocycles. The number of Topliss-reactive ketones (excluding diaryl/α,β-unsaturated/α-hetero) is 1. The maximum absolute atomic E-state index is 13.5. The smallest absolute Gasteiger partial charge is 0.221 e. The zero-order valence-corrected chi connectivity index (χ0v) is 22.8. The van der Waals surface area contributed by atoms with Crippen molar-refractivity contribution in [3.8, 4) is 11.5 Å². The summed E-state index contributed by atoms with van der Waals surface area (Å²) in [5, 5.41) is 12.9. The van der Waals surface area contributed by atoms with E-state index in [1.54, 1.807) is 7.11 Å². The van der Waals surface area contributed by atoms with Gasteiger partial charge in [0, 0.05) is 30.1 Å². The molecular weight excluding hydrogens is 506 g/mol. The van der Waals surface area contributed by atoms with E-state index in [9.17, 15) is 9.59 Å². The molecule has 4 aromatic rings. The van der Waals surface area contributed by atoms with E-state index in [1.165, 1.54) is 0 Å². The number of aromatic nitrogens is 1. The second-order valence-corrected chi connectivity index (χ2v) is 9.80. The third-order valence-corrected chi connectivity index (χ3v) is 7.03. The molecule has 0 spiro atoms. The maximum Gasteiger partial charge on any atom is 0.221 e. The molecule has 0 saturated carbocycles. The Morgan fingerprint density at radius 3 is 2.50 bits per heavy atom. The normalized spacial score (nSPS) is 12.6. The van der Waals surface area contributed by atoms with Crippen molar-refractivity contribution in [2.75, 3.05) is 20.3 Å². The standard InChI is InChI=1S/C32H37N3O5/c1-39-30-11-5-2-8-23(30)14-17-31(38)35-32(33)27(19-24-20-34-28-10-4-3-9-26(24)28)29(37)21-40-25-15-12-22(13-16-25)7-6-18-36/h2-5,8-13,15-16,20,27,32,34,36H,6-7,14,17-19,21,33H2,1H3,(H,35,38). The summed E-state index contributed by atoms with van der Waals surface area (Å²) in [4.78, 5) is 29.6. The first kappa shape index (κ1) is 28.9. The minimum absolute atomic E-state index is 0.141. The van der Waals surface area contributed by atoms with Crippen molar-refractivity contribution in [3.63, 3.8) is 0 Å². The Labute approximate surface area is 234 Å². The zero-order valence-electron chi connectivity index (χ0n) is 22.8. The van der Waals surface area contributed by atoms with Gasteiger partial charge >= 0.3 is 0 Å².